The summed E-state index contributed by atoms with van der Waals surface area (Å²) < 4.78 is 5.69. The first kappa shape index (κ1) is 20.5. The van der Waals surface area contributed by atoms with Gasteiger partial charge in [0.1, 0.15) is 17.1 Å². The van der Waals surface area contributed by atoms with E-state index < -0.39 is 16.7 Å². The van der Waals surface area contributed by atoms with E-state index in [0.717, 1.165) is 0 Å². The van der Waals surface area contributed by atoms with Gasteiger partial charge in [-0.15, -0.1) is 0 Å². The van der Waals surface area contributed by atoms with Crippen LogP contribution in [0.4, 0.5) is 11.4 Å². The summed E-state index contributed by atoms with van der Waals surface area (Å²) in [7, 11) is 0. The molecule has 1 aliphatic rings. The van der Waals surface area contributed by atoms with Crippen molar-refractivity contribution in [1.29, 1.82) is 0 Å². The van der Waals surface area contributed by atoms with Crippen LogP contribution in [-0.4, -0.2) is 21.9 Å². The molecule has 0 saturated carbocycles. The fraction of sp³-hybridized carbons (Fsp3) is 0. The highest BCUT2D eigenvalue weighted by atomic mass is 35.5. The number of non-ortho nitro benzene ring substituents is 1. The Kier molecular flexibility index (Phi) is 5.37. The van der Waals surface area contributed by atoms with Crippen molar-refractivity contribution in [3.8, 4) is 11.3 Å². The SMILES string of the molecule is O=C1NC(=S)N(c2ccccc2)C(=O)/C1=C/c1ccc(-c2cc([N+](=O)[O-])ccc2Cl)o1. The van der Waals surface area contributed by atoms with Gasteiger partial charge in [-0.2, -0.15) is 0 Å². The molecule has 2 aromatic carbocycles. The van der Waals surface area contributed by atoms with E-state index in [2.05, 4.69) is 5.32 Å². The van der Waals surface area contributed by atoms with E-state index in [1.807, 2.05) is 0 Å². The Bertz CT molecular complexity index is 1270. The average molecular weight is 454 g/mol. The first-order chi connectivity index (χ1) is 14.8. The van der Waals surface area contributed by atoms with Crippen molar-refractivity contribution in [2.75, 3.05) is 4.90 Å². The zero-order chi connectivity index (χ0) is 22.1. The number of hydrogen-bond donors (Lipinski definition) is 1. The summed E-state index contributed by atoms with van der Waals surface area (Å²) in [6, 6.07) is 15.7. The summed E-state index contributed by atoms with van der Waals surface area (Å²) in [5.74, 6) is -0.823. The minimum absolute atomic E-state index is 0.0261. The minimum atomic E-state index is -0.659. The number of amides is 2. The van der Waals surface area contributed by atoms with Crippen LogP contribution in [0.15, 0.2) is 70.7 Å². The van der Waals surface area contributed by atoms with Gasteiger partial charge in [-0.3, -0.25) is 29.9 Å². The van der Waals surface area contributed by atoms with Crippen molar-refractivity contribution < 1.29 is 18.9 Å². The van der Waals surface area contributed by atoms with Gasteiger partial charge in [-0.1, -0.05) is 29.8 Å². The molecule has 8 nitrogen and oxygen atoms in total. The number of para-hydroxylation sites is 1. The molecule has 1 fully saturated rings. The zero-order valence-electron chi connectivity index (χ0n) is 15.6. The Morgan fingerprint density at radius 1 is 1.10 bits per heavy atom. The molecule has 1 aromatic heterocycles. The second-order valence-electron chi connectivity index (χ2n) is 6.42. The molecule has 0 aliphatic carbocycles. The Morgan fingerprint density at radius 2 is 1.84 bits per heavy atom. The van der Waals surface area contributed by atoms with E-state index in [1.54, 1.807) is 36.4 Å². The molecule has 31 heavy (non-hydrogen) atoms. The number of nitrogens with one attached hydrogen (secondary N) is 1. The number of nitrogens with zero attached hydrogens (tertiary/aromatic N) is 2. The third-order valence-corrected chi connectivity index (χ3v) is 5.07. The molecule has 0 atom stereocenters. The van der Waals surface area contributed by atoms with E-state index in [0.29, 0.717) is 11.3 Å². The molecule has 1 saturated heterocycles. The van der Waals surface area contributed by atoms with Crippen LogP contribution in [-0.2, 0) is 9.59 Å². The molecule has 3 aromatic rings. The molecule has 1 N–H and O–H groups in total. The van der Waals surface area contributed by atoms with Gasteiger partial charge in [0, 0.05) is 17.7 Å². The summed E-state index contributed by atoms with van der Waals surface area (Å²) in [6.07, 6.45) is 1.28. The maximum absolute atomic E-state index is 13.0. The standard InChI is InChI=1S/C21H12ClN3O5S/c22-17-8-6-13(25(28)29)10-15(17)18-9-7-14(30-18)11-16-19(26)23-21(31)24(20(16)27)12-4-2-1-3-5-12/h1-11H,(H,23,26,31)/b16-11+. The van der Waals surface area contributed by atoms with Crippen LogP contribution in [0.5, 0.6) is 0 Å². The predicted octanol–water partition coefficient (Wildman–Crippen LogP) is 4.34. The molecule has 154 valence electrons. The van der Waals surface area contributed by atoms with E-state index in [4.69, 9.17) is 28.2 Å². The molecule has 0 unspecified atom stereocenters. The van der Waals surface area contributed by atoms with Gasteiger partial charge >= 0.3 is 0 Å². The van der Waals surface area contributed by atoms with Gasteiger partial charge in [0.2, 0.25) is 0 Å². The van der Waals surface area contributed by atoms with Gasteiger partial charge in [0.25, 0.3) is 17.5 Å². The third kappa shape index (κ3) is 3.96. The summed E-state index contributed by atoms with van der Waals surface area (Å²) in [6.45, 7) is 0. The summed E-state index contributed by atoms with van der Waals surface area (Å²) >= 11 is 11.3. The molecule has 0 bridgehead atoms. The van der Waals surface area contributed by atoms with Crippen molar-refractivity contribution in [3.63, 3.8) is 0 Å². The van der Waals surface area contributed by atoms with E-state index in [-0.39, 0.29) is 32.9 Å². The molecule has 0 radical (unpaired) electrons. The van der Waals surface area contributed by atoms with Gasteiger partial charge in [0.05, 0.1) is 15.6 Å². The number of halogens is 1. The Hall–Kier alpha value is -3.82. The van der Waals surface area contributed by atoms with Crippen molar-refractivity contribution in [1.82, 2.24) is 5.32 Å². The highest BCUT2D eigenvalue weighted by molar-refractivity contribution is 7.80. The van der Waals surface area contributed by atoms with Gasteiger partial charge in [-0.25, -0.2) is 0 Å². The smallest absolute Gasteiger partial charge is 0.270 e. The second-order valence-corrected chi connectivity index (χ2v) is 7.21. The number of thiocarbonyl (C=S) groups is 1. The number of benzene rings is 2. The summed E-state index contributed by atoms with van der Waals surface area (Å²) in [4.78, 5) is 37.1. The maximum atomic E-state index is 13.0. The highest BCUT2D eigenvalue weighted by Crippen LogP contribution is 2.33. The molecular formula is C21H12ClN3O5S. The molecule has 2 heterocycles. The van der Waals surface area contributed by atoms with Crippen LogP contribution in [0, 0.1) is 10.1 Å². The Labute approximate surface area is 185 Å². The van der Waals surface area contributed by atoms with Crippen LogP contribution in [0.25, 0.3) is 17.4 Å². The lowest BCUT2D eigenvalue weighted by molar-refractivity contribution is -0.384. The van der Waals surface area contributed by atoms with Gasteiger partial charge < -0.3 is 4.42 Å². The fourth-order valence-electron chi connectivity index (χ4n) is 3.00. The van der Waals surface area contributed by atoms with Crippen molar-refractivity contribution in [2.45, 2.75) is 0 Å². The Morgan fingerprint density at radius 3 is 2.55 bits per heavy atom. The number of carbonyl (C=O) groups is 2. The number of hydrogen-bond acceptors (Lipinski definition) is 6. The number of nitro benzene ring substituents is 1. The van der Waals surface area contributed by atoms with Crippen LogP contribution >= 0.6 is 23.8 Å². The summed E-state index contributed by atoms with van der Waals surface area (Å²) in [5.41, 5.74) is 0.493. The lowest BCUT2D eigenvalue weighted by atomic mass is 10.1. The summed E-state index contributed by atoms with van der Waals surface area (Å²) in [5, 5.41) is 13.8. The molecular weight excluding hydrogens is 442 g/mol. The van der Waals surface area contributed by atoms with Gasteiger partial charge in [-0.05, 0) is 48.6 Å². The van der Waals surface area contributed by atoms with E-state index in [1.165, 1.54) is 35.2 Å². The lowest BCUT2D eigenvalue weighted by Crippen LogP contribution is -2.54. The molecule has 4 rings (SSSR count). The van der Waals surface area contributed by atoms with Crippen LogP contribution in [0.2, 0.25) is 5.02 Å². The Balaban J connectivity index is 1.69. The van der Waals surface area contributed by atoms with E-state index >= 15 is 0 Å². The largest absolute Gasteiger partial charge is 0.457 e. The van der Waals surface area contributed by atoms with Crippen molar-refractivity contribution in [2.24, 2.45) is 0 Å². The van der Waals surface area contributed by atoms with Crippen molar-refractivity contribution >= 4 is 58.2 Å². The molecule has 10 heteroatoms. The molecule has 1 aliphatic heterocycles. The third-order valence-electron chi connectivity index (χ3n) is 4.46. The van der Waals surface area contributed by atoms with Crippen LogP contribution < -0.4 is 10.2 Å². The van der Waals surface area contributed by atoms with Crippen LogP contribution in [0.1, 0.15) is 5.76 Å². The van der Waals surface area contributed by atoms with E-state index in [9.17, 15) is 19.7 Å². The molecule has 2 amide bonds. The van der Waals surface area contributed by atoms with Crippen molar-refractivity contribution in [3.05, 3.63) is 87.1 Å². The molecule has 0 spiro atoms. The number of rotatable bonds is 4. The predicted molar refractivity (Wildman–Crippen MR) is 118 cm³/mol. The first-order valence-electron chi connectivity index (χ1n) is 8.86. The first-order valence-corrected chi connectivity index (χ1v) is 9.64. The monoisotopic (exact) mass is 453 g/mol. The topological polar surface area (TPSA) is 106 Å². The number of furan rings is 1. The lowest BCUT2D eigenvalue weighted by Gasteiger charge is -2.28. The van der Waals surface area contributed by atoms with Gasteiger partial charge in [0.15, 0.2) is 5.11 Å². The quantitative estimate of drug-likeness (QED) is 0.207. The fourth-order valence-corrected chi connectivity index (χ4v) is 3.49. The van der Waals surface area contributed by atoms with Crippen LogP contribution in [0.3, 0.4) is 0 Å². The number of anilines is 1. The minimum Gasteiger partial charge on any atom is -0.457 e. The normalized spacial score (nSPS) is 15.3. The maximum Gasteiger partial charge on any atom is 0.270 e. The number of carbonyl (C=O) groups excluding carboxylic acids is 2. The zero-order valence-corrected chi connectivity index (χ0v) is 17.1. The second kappa shape index (κ2) is 8.13. The average Bonchev–Trinajstić information content (AvgIpc) is 3.20. The highest BCUT2D eigenvalue weighted by Gasteiger charge is 2.34. The number of nitro groups is 1.